The average Bonchev–Trinajstić information content (AvgIpc) is 3.81. The van der Waals surface area contributed by atoms with Crippen LogP contribution in [0.25, 0.3) is 82.4 Å². The summed E-state index contributed by atoms with van der Waals surface area (Å²) < 4.78 is 8.81. The number of hydrogen-bond donors (Lipinski definition) is 0. The number of aromatic nitrogens is 2. The van der Waals surface area contributed by atoms with Crippen LogP contribution in [0.3, 0.4) is 0 Å². The van der Waals surface area contributed by atoms with Gasteiger partial charge in [0.15, 0.2) is 5.58 Å². The fourth-order valence-corrected chi connectivity index (χ4v) is 8.10. The third-order valence-corrected chi connectivity index (χ3v) is 10.6. The van der Waals surface area contributed by atoms with Gasteiger partial charge >= 0.3 is 0 Å². The lowest BCUT2D eigenvalue weighted by atomic mass is 10.00. The van der Waals surface area contributed by atoms with Gasteiger partial charge in [-0.2, -0.15) is 0 Å². The molecule has 0 saturated carbocycles. The standard InChI is InChI=1S/C49H31N3O/c1-3-12-35(13-4-1)49-50-44-27-26-39(31-47(44)53-49)51(37-24-21-33-20-19-32-11-7-8-16-40(32)42(33)29-37)38-25-22-34-23-28-46-48(43(34)30-38)41-17-9-10-18-45(41)52(46)36-14-5-2-6-15-36/h1-31H. The van der Waals surface area contributed by atoms with Crippen LogP contribution >= 0.6 is 0 Å². The Kier molecular flexibility index (Phi) is 6.52. The predicted octanol–water partition coefficient (Wildman–Crippen LogP) is 13.5. The van der Waals surface area contributed by atoms with Gasteiger partial charge in [0, 0.05) is 45.2 Å². The SMILES string of the molecule is c1ccc(-c2nc3ccc(N(c4ccc5ccc6ccccc6c5c4)c4ccc5ccc6c(c5c4)c4ccccc4n6-c4ccccc4)cc3o2)cc1. The lowest BCUT2D eigenvalue weighted by molar-refractivity contribution is 0.620. The highest BCUT2D eigenvalue weighted by Crippen LogP contribution is 2.43. The highest BCUT2D eigenvalue weighted by atomic mass is 16.3. The van der Waals surface area contributed by atoms with Gasteiger partial charge in [-0.3, -0.25) is 0 Å². The number of benzene rings is 9. The Labute approximate surface area is 305 Å². The maximum atomic E-state index is 6.42. The van der Waals surface area contributed by atoms with Crippen molar-refractivity contribution in [1.29, 1.82) is 0 Å². The summed E-state index contributed by atoms with van der Waals surface area (Å²) in [6.45, 7) is 0. The zero-order chi connectivity index (χ0) is 34.9. The molecule has 2 aromatic heterocycles. The Bertz CT molecular complexity index is 3180. The molecule has 0 fully saturated rings. The van der Waals surface area contributed by atoms with Gasteiger partial charge in [0.25, 0.3) is 0 Å². The van der Waals surface area contributed by atoms with Gasteiger partial charge in [-0.1, -0.05) is 109 Å². The molecule has 53 heavy (non-hydrogen) atoms. The van der Waals surface area contributed by atoms with Gasteiger partial charge in [0.05, 0.1) is 11.0 Å². The third-order valence-electron chi connectivity index (χ3n) is 10.6. The molecule has 0 aliphatic carbocycles. The molecule has 9 aromatic carbocycles. The molecule has 0 spiro atoms. The van der Waals surface area contributed by atoms with E-state index in [0.29, 0.717) is 5.89 Å². The quantitative estimate of drug-likeness (QED) is 0.170. The molecule has 2 heterocycles. The van der Waals surface area contributed by atoms with Crippen molar-refractivity contribution in [3.8, 4) is 17.1 Å². The van der Waals surface area contributed by atoms with Crippen molar-refractivity contribution in [3.05, 3.63) is 188 Å². The van der Waals surface area contributed by atoms with E-state index < -0.39 is 0 Å². The van der Waals surface area contributed by atoms with Crippen LogP contribution in [0.1, 0.15) is 0 Å². The number of hydrogen-bond acceptors (Lipinski definition) is 3. The fourth-order valence-electron chi connectivity index (χ4n) is 8.10. The van der Waals surface area contributed by atoms with Crippen molar-refractivity contribution in [2.45, 2.75) is 0 Å². The van der Waals surface area contributed by atoms with Gasteiger partial charge in [0.1, 0.15) is 5.52 Å². The minimum Gasteiger partial charge on any atom is -0.436 e. The summed E-state index contributed by atoms with van der Waals surface area (Å²) in [4.78, 5) is 7.20. The predicted molar refractivity (Wildman–Crippen MR) is 221 cm³/mol. The van der Waals surface area contributed by atoms with E-state index in [1.165, 1.54) is 54.1 Å². The second kappa shape index (κ2) is 11.7. The van der Waals surface area contributed by atoms with E-state index in [1.54, 1.807) is 0 Å². The molecule has 0 radical (unpaired) electrons. The number of rotatable bonds is 5. The topological polar surface area (TPSA) is 34.2 Å². The molecule has 0 bridgehead atoms. The van der Waals surface area contributed by atoms with E-state index in [1.807, 2.05) is 30.3 Å². The average molecular weight is 678 g/mol. The molecular formula is C49H31N3O. The summed E-state index contributed by atoms with van der Waals surface area (Å²) in [6, 6.07) is 67.0. The Hall–Kier alpha value is -7.17. The smallest absolute Gasteiger partial charge is 0.227 e. The molecule has 0 aliphatic heterocycles. The minimum absolute atomic E-state index is 0.615. The Balaban J connectivity index is 1.17. The maximum absolute atomic E-state index is 6.42. The summed E-state index contributed by atoms with van der Waals surface area (Å²) in [7, 11) is 0. The van der Waals surface area contributed by atoms with E-state index in [0.717, 1.165) is 39.4 Å². The van der Waals surface area contributed by atoms with Crippen molar-refractivity contribution >= 4 is 82.3 Å². The van der Waals surface area contributed by atoms with Crippen LogP contribution in [-0.4, -0.2) is 9.55 Å². The molecule has 4 nitrogen and oxygen atoms in total. The van der Waals surface area contributed by atoms with Gasteiger partial charge in [0.2, 0.25) is 5.89 Å². The molecule has 0 atom stereocenters. The molecular weight excluding hydrogens is 647 g/mol. The van der Waals surface area contributed by atoms with E-state index in [4.69, 9.17) is 9.40 Å². The summed E-state index contributed by atoms with van der Waals surface area (Å²) in [5.74, 6) is 0.615. The van der Waals surface area contributed by atoms with Crippen LogP contribution in [0.2, 0.25) is 0 Å². The number of nitrogens with zero attached hydrogens (tertiary/aromatic N) is 3. The van der Waals surface area contributed by atoms with Crippen LogP contribution in [0, 0.1) is 0 Å². The Morgan fingerprint density at radius 3 is 1.83 bits per heavy atom. The van der Waals surface area contributed by atoms with Crippen molar-refractivity contribution in [1.82, 2.24) is 9.55 Å². The van der Waals surface area contributed by atoms with Crippen LogP contribution in [0.4, 0.5) is 17.1 Å². The second-order valence-electron chi connectivity index (χ2n) is 13.6. The molecule has 0 unspecified atom stereocenters. The van der Waals surface area contributed by atoms with Crippen LogP contribution < -0.4 is 4.90 Å². The zero-order valence-electron chi connectivity index (χ0n) is 28.6. The number of para-hydroxylation sites is 2. The molecule has 0 N–H and O–H groups in total. The molecule has 0 aliphatic rings. The summed E-state index contributed by atoms with van der Waals surface area (Å²) in [5, 5.41) is 9.75. The van der Waals surface area contributed by atoms with E-state index in [9.17, 15) is 0 Å². The van der Waals surface area contributed by atoms with Crippen molar-refractivity contribution in [3.63, 3.8) is 0 Å². The highest BCUT2D eigenvalue weighted by molar-refractivity contribution is 6.22. The Morgan fingerprint density at radius 1 is 0.434 bits per heavy atom. The first kappa shape index (κ1) is 29.5. The van der Waals surface area contributed by atoms with E-state index in [2.05, 4.69) is 167 Å². The lowest BCUT2D eigenvalue weighted by Crippen LogP contribution is -2.10. The Morgan fingerprint density at radius 2 is 1.02 bits per heavy atom. The molecule has 11 aromatic rings. The van der Waals surface area contributed by atoms with Gasteiger partial charge in [-0.05, 0) is 105 Å². The maximum Gasteiger partial charge on any atom is 0.227 e. The first-order chi connectivity index (χ1) is 26.3. The number of fused-ring (bicyclic) bond motifs is 9. The van der Waals surface area contributed by atoms with Gasteiger partial charge < -0.3 is 13.9 Å². The zero-order valence-corrected chi connectivity index (χ0v) is 28.6. The van der Waals surface area contributed by atoms with Crippen molar-refractivity contribution in [2.24, 2.45) is 0 Å². The first-order valence-corrected chi connectivity index (χ1v) is 18.0. The molecule has 11 rings (SSSR count). The fraction of sp³-hybridized carbons (Fsp3) is 0. The number of anilines is 3. The van der Waals surface area contributed by atoms with Crippen LogP contribution in [0.15, 0.2) is 192 Å². The first-order valence-electron chi connectivity index (χ1n) is 18.0. The summed E-state index contributed by atoms with van der Waals surface area (Å²) in [5.41, 5.74) is 9.16. The van der Waals surface area contributed by atoms with Crippen LogP contribution in [-0.2, 0) is 0 Å². The summed E-state index contributed by atoms with van der Waals surface area (Å²) in [6.07, 6.45) is 0. The highest BCUT2D eigenvalue weighted by Gasteiger charge is 2.20. The van der Waals surface area contributed by atoms with E-state index in [-0.39, 0.29) is 0 Å². The lowest BCUT2D eigenvalue weighted by Gasteiger charge is -2.26. The van der Waals surface area contributed by atoms with Crippen molar-refractivity contribution in [2.75, 3.05) is 4.90 Å². The normalized spacial score (nSPS) is 11.8. The molecule has 4 heteroatoms. The monoisotopic (exact) mass is 677 g/mol. The molecule has 248 valence electrons. The minimum atomic E-state index is 0.615. The number of oxazole rings is 1. The van der Waals surface area contributed by atoms with Gasteiger partial charge in [-0.25, -0.2) is 4.98 Å². The van der Waals surface area contributed by atoms with Gasteiger partial charge in [-0.15, -0.1) is 0 Å². The third kappa shape index (κ3) is 4.73. The van der Waals surface area contributed by atoms with Crippen molar-refractivity contribution < 1.29 is 4.42 Å². The summed E-state index contributed by atoms with van der Waals surface area (Å²) >= 11 is 0. The van der Waals surface area contributed by atoms with Crippen LogP contribution in [0.5, 0.6) is 0 Å². The second-order valence-corrected chi connectivity index (χ2v) is 13.6. The molecule has 0 amide bonds. The van der Waals surface area contributed by atoms with E-state index >= 15 is 0 Å². The molecule has 0 saturated heterocycles. The largest absolute Gasteiger partial charge is 0.436 e.